The number of alkyl halides is 1. The number of benzene rings is 3. The van der Waals surface area contributed by atoms with Gasteiger partial charge in [0.1, 0.15) is 12.7 Å². The molecule has 8 nitrogen and oxygen atoms in total. The number of carbonyl (C=O) groups is 3. The van der Waals surface area contributed by atoms with Crippen LogP contribution >= 0.6 is 0 Å². The van der Waals surface area contributed by atoms with Gasteiger partial charge in [0.2, 0.25) is 0 Å². The van der Waals surface area contributed by atoms with Gasteiger partial charge in [-0.3, -0.25) is 0 Å². The van der Waals surface area contributed by atoms with Gasteiger partial charge in [0.05, 0.1) is 16.7 Å². The summed E-state index contributed by atoms with van der Waals surface area (Å²) >= 11 is 0. The van der Waals surface area contributed by atoms with Crippen molar-refractivity contribution in [2.45, 2.75) is 24.4 Å². The van der Waals surface area contributed by atoms with Crippen molar-refractivity contribution in [3.8, 4) is 0 Å². The number of halogens is 1. The fourth-order valence-corrected chi connectivity index (χ4v) is 3.44. The van der Waals surface area contributed by atoms with Crippen molar-refractivity contribution in [3.05, 3.63) is 108 Å². The summed E-state index contributed by atoms with van der Waals surface area (Å²) in [5.74, 6) is -2.73. The van der Waals surface area contributed by atoms with E-state index in [1.54, 1.807) is 54.6 Å². The van der Waals surface area contributed by atoms with Gasteiger partial charge in [-0.05, 0) is 36.4 Å². The Kier molecular flexibility index (Phi) is 7.19. The van der Waals surface area contributed by atoms with Crippen LogP contribution in [0.5, 0.6) is 0 Å². The van der Waals surface area contributed by atoms with Gasteiger partial charge in [0.15, 0.2) is 12.2 Å². The highest BCUT2D eigenvalue weighted by molar-refractivity contribution is 5.90. The molecule has 1 fully saturated rings. The summed E-state index contributed by atoms with van der Waals surface area (Å²) in [5, 5.41) is 10.7. The number of carbonyl (C=O) groups excluding carboxylic acids is 3. The summed E-state index contributed by atoms with van der Waals surface area (Å²) in [6.45, 7) is -0.591. The molecular formula is C26H21FO8. The van der Waals surface area contributed by atoms with Crippen LogP contribution in [0.4, 0.5) is 4.39 Å². The van der Waals surface area contributed by atoms with Crippen LogP contribution in [0.15, 0.2) is 91.0 Å². The molecule has 1 aliphatic heterocycles. The predicted molar refractivity (Wildman–Crippen MR) is 119 cm³/mol. The van der Waals surface area contributed by atoms with E-state index in [0.717, 1.165) is 0 Å². The number of rotatable bonds is 7. The van der Waals surface area contributed by atoms with Crippen molar-refractivity contribution < 1.29 is 42.8 Å². The molecule has 35 heavy (non-hydrogen) atoms. The lowest BCUT2D eigenvalue weighted by Gasteiger charge is -2.23. The highest BCUT2D eigenvalue weighted by Crippen LogP contribution is 2.37. The number of aliphatic hydroxyl groups excluding tert-OH is 1. The first-order valence-electron chi connectivity index (χ1n) is 10.7. The number of ether oxygens (including phenoxy) is 4. The minimum absolute atomic E-state index is 0.0112. The van der Waals surface area contributed by atoms with Gasteiger partial charge in [-0.2, -0.15) is 4.39 Å². The number of aliphatic hydroxyl groups is 1. The molecule has 1 N–H and O–H groups in total. The van der Waals surface area contributed by atoms with Gasteiger partial charge >= 0.3 is 23.9 Å². The van der Waals surface area contributed by atoms with E-state index in [-0.39, 0.29) is 16.7 Å². The largest absolute Gasteiger partial charge is 0.459 e. The molecule has 0 spiro atoms. The zero-order valence-corrected chi connectivity index (χ0v) is 18.3. The van der Waals surface area contributed by atoms with Crippen molar-refractivity contribution in [1.82, 2.24) is 0 Å². The SMILES string of the molecule is O=C(OC[C@@H]1O[C@@](F)(OC(=O)c2ccccc2)[C@H](O)[C@H]1OC(=O)c1ccccc1)c1ccccc1. The molecule has 0 aliphatic carbocycles. The van der Waals surface area contributed by atoms with Crippen molar-refractivity contribution in [2.75, 3.05) is 6.61 Å². The zero-order valence-electron chi connectivity index (χ0n) is 18.3. The maximum atomic E-state index is 15.6. The van der Waals surface area contributed by atoms with Gasteiger partial charge in [-0.15, -0.1) is 0 Å². The van der Waals surface area contributed by atoms with E-state index in [1.807, 2.05) is 0 Å². The average molecular weight is 480 g/mol. The van der Waals surface area contributed by atoms with Crippen LogP contribution in [0, 0.1) is 0 Å². The van der Waals surface area contributed by atoms with E-state index in [9.17, 15) is 19.5 Å². The molecule has 180 valence electrons. The Labute approximate surface area is 199 Å². The van der Waals surface area contributed by atoms with Crippen molar-refractivity contribution >= 4 is 17.9 Å². The van der Waals surface area contributed by atoms with Gasteiger partial charge in [-0.25, -0.2) is 14.4 Å². The van der Waals surface area contributed by atoms with Crippen LogP contribution in [-0.4, -0.2) is 54.0 Å². The summed E-state index contributed by atoms with van der Waals surface area (Å²) in [6.07, 6.45) is -5.35. The summed E-state index contributed by atoms with van der Waals surface area (Å²) in [4.78, 5) is 37.3. The first kappa shape index (κ1) is 24.1. The van der Waals surface area contributed by atoms with Crippen LogP contribution in [-0.2, 0) is 18.9 Å². The van der Waals surface area contributed by atoms with Crippen LogP contribution in [0.25, 0.3) is 0 Å². The zero-order chi connectivity index (χ0) is 24.8. The molecular weight excluding hydrogens is 459 g/mol. The standard InChI is InChI=1S/C26H21FO8/c27-26(35-25(31)19-14-8-3-9-15-19)22(28)21(33-24(30)18-12-6-2-7-13-18)20(34-26)16-32-23(29)17-10-4-1-5-11-17/h1-15,20-22,28H,16H2/t20-,21-,22+,26+/m0/s1. The molecule has 0 amide bonds. The lowest BCUT2D eigenvalue weighted by Crippen LogP contribution is -2.45. The van der Waals surface area contributed by atoms with E-state index < -0.39 is 48.9 Å². The minimum atomic E-state index is -3.36. The summed E-state index contributed by atoms with van der Waals surface area (Å²) in [5.41, 5.74) is 0.375. The first-order valence-corrected chi connectivity index (χ1v) is 10.7. The third-order valence-electron chi connectivity index (χ3n) is 5.23. The summed E-state index contributed by atoms with van der Waals surface area (Å²) < 4.78 is 36.1. The second-order valence-electron chi connectivity index (χ2n) is 7.64. The summed E-state index contributed by atoms with van der Waals surface area (Å²) in [6, 6.07) is 20.0. The Hall–Kier alpha value is -4.08. The molecule has 1 heterocycles. The second kappa shape index (κ2) is 10.5. The average Bonchev–Trinajstić information content (AvgIpc) is 3.12. The van der Waals surface area contributed by atoms with Gasteiger partial charge < -0.3 is 24.1 Å². The molecule has 0 unspecified atom stereocenters. The molecule has 9 heteroatoms. The Bertz CT molecular complexity index is 1170. The molecule has 3 aromatic rings. The van der Waals surface area contributed by atoms with Gasteiger partial charge in [0, 0.05) is 0 Å². The van der Waals surface area contributed by atoms with Crippen molar-refractivity contribution in [1.29, 1.82) is 0 Å². The van der Waals surface area contributed by atoms with Gasteiger partial charge in [-0.1, -0.05) is 54.6 Å². The number of hydrogen-bond acceptors (Lipinski definition) is 8. The third-order valence-corrected chi connectivity index (χ3v) is 5.23. The van der Waals surface area contributed by atoms with Crippen LogP contribution in [0.2, 0.25) is 0 Å². The maximum absolute atomic E-state index is 15.6. The van der Waals surface area contributed by atoms with E-state index in [0.29, 0.717) is 0 Å². The van der Waals surface area contributed by atoms with Gasteiger partial charge in [0.25, 0.3) is 0 Å². The molecule has 0 bridgehead atoms. The van der Waals surface area contributed by atoms with Crippen molar-refractivity contribution in [3.63, 3.8) is 0 Å². The monoisotopic (exact) mass is 480 g/mol. The molecule has 4 atom stereocenters. The summed E-state index contributed by atoms with van der Waals surface area (Å²) in [7, 11) is 0. The highest BCUT2D eigenvalue weighted by atomic mass is 19.2. The topological polar surface area (TPSA) is 108 Å². The lowest BCUT2D eigenvalue weighted by molar-refractivity contribution is -0.307. The minimum Gasteiger partial charge on any atom is -0.459 e. The number of hydrogen-bond donors (Lipinski definition) is 1. The van der Waals surface area contributed by atoms with E-state index >= 15 is 4.39 Å². The maximum Gasteiger partial charge on any atom is 0.396 e. The van der Waals surface area contributed by atoms with E-state index in [2.05, 4.69) is 0 Å². The molecule has 0 aromatic heterocycles. The normalized spacial score (nSPS) is 23.3. The van der Waals surface area contributed by atoms with Crippen molar-refractivity contribution in [2.24, 2.45) is 0 Å². The lowest BCUT2D eigenvalue weighted by atomic mass is 10.1. The van der Waals surface area contributed by atoms with Crippen LogP contribution in [0.3, 0.4) is 0 Å². The molecule has 3 aromatic carbocycles. The fourth-order valence-electron chi connectivity index (χ4n) is 3.44. The second-order valence-corrected chi connectivity index (χ2v) is 7.64. The fraction of sp³-hybridized carbons (Fsp3) is 0.192. The van der Waals surface area contributed by atoms with E-state index in [1.165, 1.54) is 36.4 Å². The molecule has 0 saturated carbocycles. The highest BCUT2D eigenvalue weighted by Gasteiger charge is 2.61. The Morgan fingerprint density at radius 1 is 0.771 bits per heavy atom. The Balaban J connectivity index is 1.53. The van der Waals surface area contributed by atoms with Crippen LogP contribution in [0.1, 0.15) is 31.1 Å². The molecule has 4 rings (SSSR count). The Morgan fingerprint density at radius 2 is 1.23 bits per heavy atom. The number of esters is 3. The molecule has 0 radical (unpaired) electrons. The predicted octanol–water partition coefficient (Wildman–Crippen LogP) is 3.31. The van der Waals surface area contributed by atoms with Crippen LogP contribution < -0.4 is 0 Å². The molecule has 1 aliphatic rings. The quantitative estimate of drug-likeness (QED) is 0.405. The third kappa shape index (κ3) is 5.53. The smallest absolute Gasteiger partial charge is 0.396 e. The first-order chi connectivity index (χ1) is 16.9. The van der Waals surface area contributed by atoms with E-state index in [4.69, 9.17) is 18.9 Å². The Morgan fingerprint density at radius 3 is 1.74 bits per heavy atom. The molecule has 1 saturated heterocycles.